The second kappa shape index (κ2) is 19.3. The fourth-order valence-electron chi connectivity index (χ4n) is 3.18. The number of amides is 2. The highest BCUT2D eigenvalue weighted by Gasteiger charge is 2.26. The number of hydrogen-bond acceptors (Lipinski definition) is 3. The van der Waals surface area contributed by atoms with E-state index in [1.807, 2.05) is 0 Å². The summed E-state index contributed by atoms with van der Waals surface area (Å²) >= 11 is 0. The first kappa shape index (κ1) is 27.0. The van der Waals surface area contributed by atoms with Crippen molar-refractivity contribution in [2.24, 2.45) is 5.73 Å². The maximum atomic E-state index is 10.4. The van der Waals surface area contributed by atoms with Crippen LogP contribution in [0.2, 0.25) is 0 Å². The van der Waals surface area contributed by atoms with Crippen LogP contribution in [-0.4, -0.2) is 28.9 Å². The van der Waals surface area contributed by atoms with Crippen molar-refractivity contribution in [2.45, 2.75) is 116 Å². The van der Waals surface area contributed by atoms with Crippen LogP contribution in [0.5, 0.6) is 0 Å². The van der Waals surface area contributed by atoms with Gasteiger partial charge in [-0.3, -0.25) is 9.59 Å². The van der Waals surface area contributed by atoms with Crippen LogP contribution in [0.1, 0.15) is 110 Å². The number of carbonyl (C=O) groups excluding carboxylic acids is 2. The van der Waals surface area contributed by atoms with Crippen molar-refractivity contribution in [1.29, 1.82) is 0 Å². The quantitative estimate of drug-likeness (QED) is 0.294. The van der Waals surface area contributed by atoms with Gasteiger partial charge >= 0.3 is 5.97 Å². The third-order valence-electron chi connectivity index (χ3n) is 4.91. The Kier molecular flexibility index (Phi) is 17.9. The van der Waals surface area contributed by atoms with Crippen molar-refractivity contribution in [3.8, 4) is 11.8 Å². The van der Waals surface area contributed by atoms with Gasteiger partial charge in [-0.25, -0.2) is 4.79 Å². The number of nitrogens with one attached hydrogen (secondary N) is 1. The highest BCUT2D eigenvalue weighted by atomic mass is 16.4. The zero-order valence-corrected chi connectivity index (χ0v) is 18.1. The van der Waals surface area contributed by atoms with E-state index in [0.29, 0.717) is 12.8 Å². The van der Waals surface area contributed by atoms with E-state index in [4.69, 9.17) is 10.8 Å². The summed E-state index contributed by atoms with van der Waals surface area (Å²) in [6.45, 7) is 2.27. The topological polar surface area (TPSA) is 109 Å². The third kappa shape index (κ3) is 19.1. The first-order valence-electron chi connectivity index (χ1n) is 11.3. The number of aliphatic carboxylic acids is 1. The largest absolute Gasteiger partial charge is 0.480 e. The fourth-order valence-corrected chi connectivity index (χ4v) is 3.18. The summed E-state index contributed by atoms with van der Waals surface area (Å²) in [5.74, 6) is 3.56. The summed E-state index contributed by atoms with van der Waals surface area (Å²) < 4.78 is 0. The Hall–Kier alpha value is -2.03. The predicted octanol–water partition coefficient (Wildman–Crippen LogP) is 4.31. The van der Waals surface area contributed by atoms with E-state index in [1.54, 1.807) is 0 Å². The van der Waals surface area contributed by atoms with Crippen LogP contribution >= 0.6 is 0 Å². The van der Waals surface area contributed by atoms with Crippen LogP contribution < -0.4 is 11.1 Å². The smallest absolute Gasteiger partial charge is 0.326 e. The lowest BCUT2D eigenvalue weighted by Gasteiger charge is -2.02. The van der Waals surface area contributed by atoms with Crippen molar-refractivity contribution in [3.05, 3.63) is 0 Å². The minimum atomic E-state index is -0.944. The number of carboxylic acids is 1. The molecule has 0 aromatic carbocycles. The summed E-state index contributed by atoms with van der Waals surface area (Å²) in [6, 6.07) is -0.641. The van der Waals surface area contributed by atoms with Gasteiger partial charge in [0.2, 0.25) is 5.91 Å². The van der Waals surface area contributed by atoms with Gasteiger partial charge in [-0.2, -0.15) is 0 Å². The van der Waals surface area contributed by atoms with Gasteiger partial charge in [0.05, 0.1) is 0 Å². The molecule has 0 bridgehead atoms. The van der Waals surface area contributed by atoms with Gasteiger partial charge < -0.3 is 16.2 Å². The summed E-state index contributed by atoms with van der Waals surface area (Å²) in [6.07, 6.45) is 19.2. The molecule has 1 aliphatic heterocycles. The average Bonchev–Trinajstić information content (AvgIpc) is 3.12. The lowest BCUT2D eigenvalue weighted by Crippen LogP contribution is -2.32. The van der Waals surface area contributed by atoms with Gasteiger partial charge in [-0.1, -0.05) is 89.9 Å². The number of carbonyl (C=O) groups is 3. The molecule has 4 N–H and O–H groups in total. The van der Waals surface area contributed by atoms with Crippen LogP contribution in [-0.2, 0) is 14.4 Å². The van der Waals surface area contributed by atoms with Crippen molar-refractivity contribution < 1.29 is 19.5 Å². The van der Waals surface area contributed by atoms with Crippen LogP contribution in [0.3, 0.4) is 0 Å². The second-order valence-electron chi connectivity index (χ2n) is 7.66. The van der Waals surface area contributed by atoms with E-state index in [0.717, 1.165) is 12.8 Å². The maximum absolute atomic E-state index is 10.4. The molecule has 166 valence electrons. The van der Waals surface area contributed by atoms with Gasteiger partial charge in [0.25, 0.3) is 5.91 Å². The molecule has 1 fully saturated rings. The molecule has 0 aliphatic carbocycles. The van der Waals surface area contributed by atoms with Crippen molar-refractivity contribution in [2.75, 3.05) is 0 Å². The first-order chi connectivity index (χ1) is 14.0. The summed E-state index contributed by atoms with van der Waals surface area (Å²) in [5.41, 5.74) is 4.93. The average molecular weight is 409 g/mol. The van der Waals surface area contributed by atoms with Crippen LogP contribution in [0.15, 0.2) is 0 Å². The van der Waals surface area contributed by atoms with Crippen LogP contribution in [0, 0.1) is 11.8 Å². The number of primary amides is 1. The van der Waals surface area contributed by atoms with E-state index < -0.39 is 17.9 Å². The monoisotopic (exact) mass is 408 g/mol. The molecule has 0 aromatic rings. The molecule has 0 saturated carbocycles. The number of hydrogen-bond donors (Lipinski definition) is 3. The molecule has 6 heteroatoms. The molecule has 1 saturated heterocycles. The lowest BCUT2D eigenvalue weighted by molar-refractivity contribution is -0.140. The van der Waals surface area contributed by atoms with E-state index in [-0.39, 0.29) is 5.91 Å². The van der Waals surface area contributed by atoms with Gasteiger partial charge in [0.1, 0.15) is 6.04 Å². The van der Waals surface area contributed by atoms with Crippen LogP contribution in [0.25, 0.3) is 0 Å². The normalized spacial score (nSPS) is 14.9. The summed E-state index contributed by atoms with van der Waals surface area (Å²) in [5, 5.41) is 10.6. The highest BCUT2D eigenvalue weighted by molar-refractivity contribution is 5.91. The molecule has 1 unspecified atom stereocenters. The molecular formula is C23H40N2O4. The molecule has 1 atom stereocenters. The minimum Gasteiger partial charge on any atom is -0.480 e. The van der Waals surface area contributed by atoms with E-state index in [2.05, 4.69) is 24.1 Å². The van der Waals surface area contributed by atoms with Gasteiger partial charge in [-0.15, -0.1) is 0 Å². The number of nitrogens with two attached hydrogens (primary N) is 1. The Morgan fingerprint density at radius 3 is 1.79 bits per heavy atom. The summed E-state index contributed by atoms with van der Waals surface area (Å²) in [4.78, 5) is 30.9. The molecule has 0 aromatic heterocycles. The Balaban J connectivity index is 0.000000717. The standard InChI is InChI=1S/C18H33NO.C5H7NO3/c1-2-3-4-5-6-7-8-9-10-11-12-13-14-15-16-17-18(19)20;7-4-2-1-3(6-4)5(8)9/h2-15H2,1H3,(H2,19,20);3H,1-2H2,(H,6,7)(H,8,9). The number of unbranched alkanes of at least 4 members (excludes halogenated alkanes) is 13. The Labute approximate surface area is 176 Å². The fraction of sp³-hybridized carbons (Fsp3) is 0.783. The highest BCUT2D eigenvalue weighted by Crippen LogP contribution is 2.12. The zero-order valence-electron chi connectivity index (χ0n) is 18.1. The molecule has 1 aliphatic rings. The van der Waals surface area contributed by atoms with Gasteiger partial charge in [-0.05, 0) is 18.8 Å². The van der Waals surface area contributed by atoms with Crippen LogP contribution in [0.4, 0.5) is 0 Å². The van der Waals surface area contributed by atoms with E-state index in [1.165, 1.54) is 77.0 Å². The van der Waals surface area contributed by atoms with Crippen molar-refractivity contribution in [3.63, 3.8) is 0 Å². The first-order valence-corrected chi connectivity index (χ1v) is 11.3. The van der Waals surface area contributed by atoms with Gasteiger partial charge in [0, 0.05) is 12.8 Å². The Morgan fingerprint density at radius 1 is 0.966 bits per heavy atom. The zero-order chi connectivity index (χ0) is 21.7. The molecule has 1 rings (SSSR count). The lowest BCUT2D eigenvalue weighted by atomic mass is 10.0. The second-order valence-corrected chi connectivity index (χ2v) is 7.66. The molecule has 1 heterocycles. The molecule has 0 radical (unpaired) electrons. The Morgan fingerprint density at radius 2 is 1.45 bits per heavy atom. The SMILES string of the molecule is CCCCCCCCCCCCCCCC#CC(N)=O.O=C1CCC(C(=O)O)N1. The molecular weight excluding hydrogens is 368 g/mol. The molecule has 29 heavy (non-hydrogen) atoms. The van der Waals surface area contributed by atoms with Gasteiger partial charge in [0.15, 0.2) is 0 Å². The molecule has 2 amide bonds. The van der Waals surface area contributed by atoms with E-state index in [9.17, 15) is 14.4 Å². The van der Waals surface area contributed by atoms with Crippen molar-refractivity contribution >= 4 is 17.8 Å². The number of rotatable bonds is 14. The Bertz CT molecular complexity index is 523. The van der Waals surface area contributed by atoms with Crippen molar-refractivity contribution in [1.82, 2.24) is 5.32 Å². The number of carboxylic acid groups (broad SMARTS) is 1. The molecule has 6 nitrogen and oxygen atoms in total. The maximum Gasteiger partial charge on any atom is 0.326 e. The third-order valence-corrected chi connectivity index (χ3v) is 4.91. The van der Waals surface area contributed by atoms with E-state index >= 15 is 0 Å². The minimum absolute atomic E-state index is 0.164. The predicted molar refractivity (Wildman–Crippen MR) is 116 cm³/mol. The molecule has 0 spiro atoms. The summed E-state index contributed by atoms with van der Waals surface area (Å²) in [7, 11) is 0.